The maximum Gasteiger partial charge on any atom is 0.249 e. The van der Waals surface area contributed by atoms with Gasteiger partial charge in [-0.05, 0) is 30.7 Å². The number of fused-ring (bicyclic) bond motifs is 1. The first kappa shape index (κ1) is 11.5. The Bertz CT molecular complexity index is 647. The van der Waals surface area contributed by atoms with Crippen molar-refractivity contribution in [3.05, 3.63) is 34.9 Å². The van der Waals surface area contributed by atoms with Gasteiger partial charge >= 0.3 is 0 Å². The summed E-state index contributed by atoms with van der Waals surface area (Å²) in [5.41, 5.74) is 1.01. The van der Waals surface area contributed by atoms with Crippen molar-refractivity contribution in [2.75, 3.05) is 0 Å². The number of hydrogen-bond donors (Lipinski definition) is 1. The molecule has 2 aromatic rings. The lowest BCUT2D eigenvalue weighted by atomic mass is 10.1. The standard InChI is InChI=1S/C13H11BrN2O2/c14-9-1-2-10-8(7-9)5-6-16(10)11-3-4-12(17)15-13(11)18/h1-2,5-7,11H,3-4H2,(H,15,17,18). The second-order valence-corrected chi connectivity index (χ2v) is 5.31. The summed E-state index contributed by atoms with van der Waals surface area (Å²) in [5.74, 6) is -0.401. The van der Waals surface area contributed by atoms with Crippen LogP contribution >= 0.6 is 15.9 Å². The molecule has 1 unspecified atom stereocenters. The minimum absolute atomic E-state index is 0.185. The van der Waals surface area contributed by atoms with Gasteiger partial charge in [-0.3, -0.25) is 14.9 Å². The Hall–Kier alpha value is -1.62. The fraction of sp³-hybridized carbons (Fsp3) is 0.231. The van der Waals surface area contributed by atoms with Crippen molar-refractivity contribution < 1.29 is 9.59 Å². The van der Waals surface area contributed by atoms with Crippen LogP contribution in [-0.2, 0) is 9.59 Å². The van der Waals surface area contributed by atoms with E-state index in [9.17, 15) is 9.59 Å². The molecule has 1 saturated heterocycles. The highest BCUT2D eigenvalue weighted by atomic mass is 79.9. The first-order valence-corrected chi connectivity index (χ1v) is 6.54. The average Bonchev–Trinajstić information content (AvgIpc) is 2.72. The van der Waals surface area contributed by atoms with Crippen LogP contribution in [0.15, 0.2) is 34.9 Å². The monoisotopic (exact) mass is 306 g/mol. The molecule has 0 radical (unpaired) electrons. The molecule has 4 nitrogen and oxygen atoms in total. The smallest absolute Gasteiger partial charge is 0.249 e. The van der Waals surface area contributed by atoms with Crippen molar-refractivity contribution in [2.45, 2.75) is 18.9 Å². The van der Waals surface area contributed by atoms with Crippen LogP contribution in [0.1, 0.15) is 18.9 Å². The molecule has 0 spiro atoms. The van der Waals surface area contributed by atoms with Crippen molar-refractivity contribution in [1.29, 1.82) is 0 Å². The van der Waals surface area contributed by atoms with E-state index in [2.05, 4.69) is 21.2 Å². The lowest BCUT2D eigenvalue weighted by Crippen LogP contribution is -2.41. The zero-order valence-electron chi connectivity index (χ0n) is 9.52. The van der Waals surface area contributed by atoms with Gasteiger partial charge < -0.3 is 4.57 Å². The molecule has 2 heterocycles. The average molecular weight is 307 g/mol. The Balaban J connectivity index is 2.04. The second kappa shape index (κ2) is 4.24. The number of piperidine rings is 1. The summed E-state index contributed by atoms with van der Waals surface area (Å²) < 4.78 is 2.94. The third-order valence-electron chi connectivity index (χ3n) is 3.23. The number of amides is 2. The molecule has 0 aliphatic carbocycles. The summed E-state index contributed by atoms with van der Waals surface area (Å²) in [7, 11) is 0. The van der Waals surface area contributed by atoms with Crippen LogP contribution in [0.25, 0.3) is 10.9 Å². The minimum atomic E-state index is -0.290. The molecule has 0 bridgehead atoms. The molecule has 3 rings (SSSR count). The van der Waals surface area contributed by atoms with E-state index in [0.717, 1.165) is 15.4 Å². The number of nitrogens with one attached hydrogen (secondary N) is 1. The third-order valence-corrected chi connectivity index (χ3v) is 3.72. The molecule has 18 heavy (non-hydrogen) atoms. The molecule has 1 fully saturated rings. The minimum Gasteiger partial charge on any atom is -0.335 e. The summed E-state index contributed by atoms with van der Waals surface area (Å²) >= 11 is 3.42. The molecule has 92 valence electrons. The molecule has 1 aliphatic rings. The van der Waals surface area contributed by atoms with Gasteiger partial charge in [0.15, 0.2) is 0 Å². The van der Waals surface area contributed by atoms with Crippen molar-refractivity contribution >= 4 is 38.6 Å². The highest BCUT2D eigenvalue weighted by molar-refractivity contribution is 9.10. The number of nitrogens with zero attached hydrogens (tertiary/aromatic N) is 1. The first-order valence-electron chi connectivity index (χ1n) is 5.75. The zero-order valence-corrected chi connectivity index (χ0v) is 11.1. The molecular formula is C13H11BrN2O2. The van der Waals surface area contributed by atoms with E-state index in [0.29, 0.717) is 12.8 Å². The molecule has 0 saturated carbocycles. The van der Waals surface area contributed by atoms with Crippen LogP contribution < -0.4 is 5.32 Å². The molecular weight excluding hydrogens is 296 g/mol. The number of imide groups is 1. The number of halogens is 1. The Kier molecular flexibility index (Phi) is 2.70. The van der Waals surface area contributed by atoms with Gasteiger partial charge in [0.1, 0.15) is 6.04 Å². The predicted octanol–water partition coefficient (Wildman–Crippen LogP) is 2.38. The van der Waals surface area contributed by atoms with Crippen LogP contribution in [-0.4, -0.2) is 16.4 Å². The third kappa shape index (κ3) is 1.84. The van der Waals surface area contributed by atoms with Crippen molar-refractivity contribution in [1.82, 2.24) is 9.88 Å². The summed E-state index contributed by atoms with van der Waals surface area (Å²) in [6, 6.07) is 7.62. The Labute approximate surface area is 112 Å². The second-order valence-electron chi connectivity index (χ2n) is 4.39. The maximum absolute atomic E-state index is 11.9. The van der Waals surface area contributed by atoms with E-state index in [1.165, 1.54) is 0 Å². The van der Waals surface area contributed by atoms with Crippen LogP contribution in [0.5, 0.6) is 0 Å². The Morgan fingerprint density at radius 3 is 2.89 bits per heavy atom. The number of aromatic nitrogens is 1. The molecule has 2 amide bonds. The summed E-state index contributed by atoms with van der Waals surface area (Å²) in [6.45, 7) is 0. The van der Waals surface area contributed by atoms with Crippen molar-refractivity contribution in [3.8, 4) is 0 Å². The van der Waals surface area contributed by atoms with Gasteiger partial charge in [0.25, 0.3) is 0 Å². The van der Waals surface area contributed by atoms with Crippen LogP contribution in [0, 0.1) is 0 Å². The normalized spacial score (nSPS) is 20.2. The highest BCUT2D eigenvalue weighted by Gasteiger charge is 2.28. The molecule has 1 atom stereocenters. The fourth-order valence-corrected chi connectivity index (χ4v) is 2.73. The highest BCUT2D eigenvalue weighted by Crippen LogP contribution is 2.27. The Morgan fingerprint density at radius 2 is 2.11 bits per heavy atom. The van der Waals surface area contributed by atoms with Gasteiger partial charge in [0.05, 0.1) is 0 Å². The fourth-order valence-electron chi connectivity index (χ4n) is 2.35. The van der Waals surface area contributed by atoms with E-state index in [-0.39, 0.29) is 17.9 Å². The van der Waals surface area contributed by atoms with Gasteiger partial charge in [-0.25, -0.2) is 0 Å². The lowest BCUT2D eigenvalue weighted by molar-refractivity contribution is -0.135. The number of benzene rings is 1. The number of rotatable bonds is 1. The zero-order chi connectivity index (χ0) is 12.7. The van der Waals surface area contributed by atoms with E-state index >= 15 is 0 Å². The Morgan fingerprint density at radius 1 is 1.28 bits per heavy atom. The first-order chi connectivity index (χ1) is 8.65. The van der Waals surface area contributed by atoms with Gasteiger partial charge in [-0.2, -0.15) is 0 Å². The summed E-state index contributed by atoms with van der Waals surface area (Å²) in [5, 5.41) is 3.46. The SMILES string of the molecule is O=C1CCC(n2ccc3cc(Br)ccc32)C(=O)N1. The molecule has 1 N–H and O–H groups in total. The summed E-state index contributed by atoms with van der Waals surface area (Å²) in [4.78, 5) is 23.0. The predicted molar refractivity (Wildman–Crippen MR) is 71.1 cm³/mol. The van der Waals surface area contributed by atoms with Crippen molar-refractivity contribution in [3.63, 3.8) is 0 Å². The largest absolute Gasteiger partial charge is 0.335 e. The van der Waals surface area contributed by atoms with E-state index < -0.39 is 0 Å². The molecule has 1 aliphatic heterocycles. The molecule has 1 aromatic heterocycles. The molecule has 1 aromatic carbocycles. The van der Waals surface area contributed by atoms with Gasteiger partial charge in [-0.15, -0.1) is 0 Å². The topological polar surface area (TPSA) is 51.1 Å². The van der Waals surface area contributed by atoms with E-state index in [1.807, 2.05) is 35.0 Å². The number of carbonyl (C=O) groups excluding carboxylic acids is 2. The van der Waals surface area contributed by atoms with Gasteiger partial charge in [0.2, 0.25) is 11.8 Å². The molecule has 5 heteroatoms. The van der Waals surface area contributed by atoms with Crippen LogP contribution in [0.2, 0.25) is 0 Å². The van der Waals surface area contributed by atoms with Gasteiger partial charge in [0, 0.05) is 28.0 Å². The van der Waals surface area contributed by atoms with Gasteiger partial charge in [-0.1, -0.05) is 15.9 Å². The number of hydrogen-bond acceptors (Lipinski definition) is 2. The van der Waals surface area contributed by atoms with E-state index in [4.69, 9.17) is 0 Å². The van der Waals surface area contributed by atoms with E-state index in [1.54, 1.807) is 0 Å². The number of carbonyl (C=O) groups is 2. The maximum atomic E-state index is 11.9. The summed E-state index contributed by atoms with van der Waals surface area (Å²) in [6.07, 6.45) is 2.86. The quantitative estimate of drug-likeness (QED) is 0.822. The lowest BCUT2D eigenvalue weighted by Gasteiger charge is -2.23. The van der Waals surface area contributed by atoms with Crippen LogP contribution in [0.3, 0.4) is 0 Å². The van der Waals surface area contributed by atoms with Crippen molar-refractivity contribution in [2.24, 2.45) is 0 Å². The van der Waals surface area contributed by atoms with Crippen LogP contribution in [0.4, 0.5) is 0 Å².